The van der Waals surface area contributed by atoms with Crippen molar-refractivity contribution in [2.75, 3.05) is 6.61 Å². The predicted octanol–water partition coefficient (Wildman–Crippen LogP) is 10.1. The molecule has 0 aromatic carbocycles. The zero-order valence-electron chi connectivity index (χ0n) is 22.7. The van der Waals surface area contributed by atoms with Gasteiger partial charge in [0.15, 0.2) is 5.69 Å². The first kappa shape index (κ1) is 30.7. The minimum atomic E-state index is -0.387. The summed E-state index contributed by atoms with van der Waals surface area (Å²) in [6, 6.07) is 1.53. The molecule has 0 aliphatic heterocycles. The fourth-order valence-electron chi connectivity index (χ4n) is 4.57. The zero-order valence-corrected chi connectivity index (χ0v) is 22.7. The van der Waals surface area contributed by atoms with E-state index in [1.165, 1.54) is 141 Å². The second-order valence-electron chi connectivity index (χ2n) is 10.6. The Kier molecular flexibility index (Phi) is 21.2. The summed E-state index contributed by atoms with van der Waals surface area (Å²) >= 11 is 0. The van der Waals surface area contributed by atoms with Crippen LogP contribution < -0.4 is 0 Å². The number of unbranched alkanes of at least 4 members (excludes halogenated alkanes) is 20. The molecule has 0 N–H and O–H groups in total. The van der Waals surface area contributed by atoms with Gasteiger partial charge in [0.05, 0.1) is 6.61 Å². The molecule has 1 heterocycles. The fraction of sp³-hybridized carbons (Fsp3) is 0.867. The van der Waals surface area contributed by atoms with Crippen molar-refractivity contribution in [2.45, 2.75) is 155 Å². The predicted molar refractivity (Wildman–Crippen MR) is 143 cm³/mol. The third-order valence-corrected chi connectivity index (χ3v) is 6.81. The highest BCUT2D eigenvalue weighted by Gasteiger charge is 2.09. The molecule has 198 valence electrons. The number of hydrogen-bond acceptors (Lipinski definition) is 4. The zero-order chi connectivity index (χ0) is 24.5. The number of carbonyl (C=O) groups excluding carboxylic acids is 1. The van der Waals surface area contributed by atoms with Crippen LogP contribution in [0.1, 0.15) is 166 Å². The molecule has 0 spiro atoms. The van der Waals surface area contributed by atoms with Gasteiger partial charge in [-0.2, -0.15) is 0 Å². The van der Waals surface area contributed by atoms with E-state index in [0.29, 0.717) is 6.61 Å². The third-order valence-electron chi connectivity index (χ3n) is 6.81. The van der Waals surface area contributed by atoms with Crippen LogP contribution in [0.15, 0.2) is 16.9 Å². The van der Waals surface area contributed by atoms with Crippen LogP contribution in [0.5, 0.6) is 0 Å². The van der Waals surface area contributed by atoms with Crippen LogP contribution in [-0.2, 0) is 4.74 Å². The van der Waals surface area contributed by atoms with Crippen LogP contribution in [0.25, 0.3) is 0 Å². The first-order chi connectivity index (χ1) is 16.7. The normalized spacial score (nSPS) is 11.4. The van der Waals surface area contributed by atoms with Gasteiger partial charge in [0, 0.05) is 6.07 Å². The standard InChI is InChI=1S/C30H55NO3/c1-28(2)24-22-20-18-16-14-12-10-8-6-4-3-5-7-9-11-13-15-17-19-21-23-26-33-30(32)29-25-27-34-31-29/h25,27-28H,3-24,26H2,1-2H3. The van der Waals surface area contributed by atoms with E-state index in [-0.39, 0.29) is 11.7 Å². The molecule has 1 aromatic heterocycles. The summed E-state index contributed by atoms with van der Waals surface area (Å²) in [6.45, 7) is 5.14. The van der Waals surface area contributed by atoms with Crippen LogP contribution in [-0.4, -0.2) is 17.7 Å². The van der Waals surface area contributed by atoms with Crippen LogP contribution in [0, 0.1) is 5.92 Å². The number of rotatable bonds is 25. The van der Waals surface area contributed by atoms with Crippen molar-refractivity contribution in [3.05, 3.63) is 18.0 Å². The van der Waals surface area contributed by atoms with Gasteiger partial charge < -0.3 is 9.26 Å². The van der Waals surface area contributed by atoms with Gasteiger partial charge in [-0.15, -0.1) is 0 Å². The molecule has 0 fully saturated rings. The molecule has 0 radical (unpaired) electrons. The minimum Gasteiger partial charge on any atom is -0.461 e. The van der Waals surface area contributed by atoms with E-state index in [9.17, 15) is 4.79 Å². The highest BCUT2D eigenvalue weighted by atomic mass is 16.5. The van der Waals surface area contributed by atoms with Crippen molar-refractivity contribution < 1.29 is 14.1 Å². The van der Waals surface area contributed by atoms with Crippen LogP contribution in [0.3, 0.4) is 0 Å². The molecule has 0 saturated carbocycles. The van der Waals surface area contributed by atoms with Crippen LogP contribution >= 0.6 is 0 Å². The molecule has 0 bridgehead atoms. The summed E-state index contributed by atoms with van der Waals surface area (Å²) in [4.78, 5) is 11.6. The summed E-state index contributed by atoms with van der Waals surface area (Å²) in [7, 11) is 0. The Bertz CT molecular complexity index is 541. The lowest BCUT2D eigenvalue weighted by Gasteiger charge is -2.05. The maximum absolute atomic E-state index is 11.6. The Labute approximate surface area is 211 Å². The lowest BCUT2D eigenvalue weighted by atomic mass is 10.0. The molecule has 0 atom stereocenters. The van der Waals surface area contributed by atoms with Gasteiger partial charge in [0.25, 0.3) is 0 Å². The SMILES string of the molecule is CC(C)CCCCCCCCCCCCCCCCCCCCCCCOC(=O)c1ccon1. The Hall–Kier alpha value is -1.32. The van der Waals surface area contributed by atoms with Crippen molar-refractivity contribution >= 4 is 5.97 Å². The van der Waals surface area contributed by atoms with Crippen molar-refractivity contribution in [2.24, 2.45) is 5.92 Å². The molecule has 0 aliphatic rings. The molecule has 34 heavy (non-hydrogen) atoms. The van der Waals surface area contributed by atoms with Crippen molar-refractivity contribution in [3.8, 4) is 0 Å². The molecule has 4 nitrogen and oxygen atoms in total. The van der Waals surface area contributed by atoms with E-state index in [1.54, 1.807) is 0 Å². The summed E-state index contributed by atoms with van der Waals surface area (Å²) in [5.74, 6) is 0.494. The number of aromatic nitrogens is 1. The largest absolute Gasteiger partial charge is 0.461 e. The smallest absolute Gasteiger partial charge is 0.360 e. The van der Waals surface area contributed by atoms with Gasteiger partial charge >= 0.3 is 5.97 Å². The van der Waals surface area contributed by atoms with Gasteiger partial charge in [-0.05, 0) is 12.3 Å². The number of hydrogen-bond donors (Lipinski definition) is 0. The Morgan fingerprint density at radius 1 is 0.676 bits per heavy atom. The van der Waals surface area contributed by atoms with Gasteiger partial charge in [-0.3, -0.25) is 0 Å². The third kappa shape index (κ3) is 20.1. The maximum atomic E-state index is 11.6. The average molecular weight is 478 g/mol. The lowest BCUT2D eigenvalue weighted by molar-refractivity contribution is 0.0486. The monoisotopic (exact) mass is 477 g/mol. The average Bonchev–Trinajstić information content (AvgIpc) is 3.37. The first-order valence-electron chi connectivity index (χ1n) is 14.8. The molecule has 0 amide bonds. The molecule has 1 aromatic rings. The topological polar surface area (TPSA) is 52.3 Å². The van der Waals surface area contributed by atoms with Crippen molar-refractivity contribution in [1.82, 2.24) is 5.16 Å². The first-order valence-corrected chi connectivity index (χ1v) is 14.8. The highest BCUT2D eigenvalue weighted by Crippen LogP contribution is 2.16. The van der Waals surface area contributed by atoms with Gasteiger partial charge in [0.2, 0.25) is 0 Å². The van der Waals surface area contributed by atoms with E-state index < -0.39 is 0 Å². The van der Waals surface area contributed by atoms with E-state index in [1.807, 2.05) is 0 Å². The number of esters is 1. The lowest BCUT2D eigenvalue weighted by Crippen LogP contribution is -2.06. The van der Waals surface area contributed by atoms with Crippen molar-refractivity contribution in [3.63, 3.8) is 0 Å². The summed E-state index contributed by atoms with van der Waals surface area (Å²) < 4.78 is 9.82. The number of nitrogens with zero attached hydrogens (tertiary/aromatic N) is 1. The molecule has 0 saturated heterocycles. The Morgan fingerprint density at radius 2 is 1.06 bits per heavy atom. The minimum absolute atomic E-state index is 0.254. The second-order valence-corrected chi connectivity index (χ2v) is 10.6. The van der Waals surface area contributed by atoms with Crippen molar-refractivity contribution in [1.29, 1.82) is 0 Å². The molecule has 1 rings (SSSR count). The molecular weight excluding hydrogens is 422 g/mol. The fourth-order valence-corrected chi connectivity index (χ4v) is 4.57. The Balaban J connectivity index is 1.66. The van der Waals surface area contributed by atoms with Gasteiger partial charge in [0.1, 0.15) is 6.26 Å². The maximum Gasteiger partial charge on any atom is 0.360 e. The number of carbonyl (C=O) groups is 1. The van der Waals surface area contributed by atoms with Gasteiger partial charge in [-0.1, -0.05) is 154 Å². The summed E-state index contributed by atoms with van der Waals surface area (Å²) in [5.41, 5.74) is 0.254. The molecule has 0 unspecified atom stereocenters. The van der Waals surface area contributed by atoms with E-state index in [4.69, 9.17) is 4.74 Å². The van der Waals surface area contributed by atoms with E-state index in [0.717, 1.165) is 18.8 Å². The Morgan fingerprint density at radius 3 is 1.41 bits per heavy atom. The molecular formula is C30H55NO3. The van der Waals surface area contributed by atoms with E-state index >= 15 is 0 Å². The quantitative estimate of drug-likeness (QED) is 0.104. The van der Waals surface area contributed by atoms with E-state index in [2.05, 4.69) is 23.5 Å². The molecule has 4 heteroatoms. The second kappa shape index (κ2) is 23.4. The number of ether oxygens (including phenoxy) is 1. The summed E-state index contributed by atoms with van der Waals surface area (Å²) in [6.07, 6.45) is 31.8. The summed E-state index contributed by atoms with van der Waals surface area (Å²) in [5, 5.41) is 3.58. The molecule has 0 aliphatic carbocycles. The highest BCUT2D eigenvalue weighted by molar-refractivity contribution is 5.86. The van der Waals surface area contributed by atoms with Gasteiger partial charge in [-0.25, -0.2) is 4.79 Å². The van der Waals surface area contributed by atoms with Crippen LogP contribution in [0.4, 0.5) is 0 Å². The van der Waals surface area contributed by atoms with Crippen LogP contribution in [0.2, 0.25) is 0 Å².